The van der Waals surface area contributed by atoms with Crippen molar-refractivity contribution in [2.45, 2.75) is 26.7 Å². The number of hydrogen-bond donors (Lipinski definition) is 1. The van der Waals surface area contributed by atoms with Gasteiger partial charge < -0.3 is 10.2 Å². The number of amides is 1. The van der Waals surface area contributed by atoms with Crippen molar-refractivity contribution in [3.8, 4) is 11.3 Å². The molecule has 1 aromatic heterocycles. The number of rotatable bonds is 5. The largest absolute Gasteiger partial charge is 0.355 e. The summed E-state index contributed by atoms with van der Waals surface area (Å²) >= 11 is 0. The Hall–Kier alpha value is -3.81. The van der Waals surface area contributed by atoms with Gasteiger partial charge in [0.05, 0.1) is 10.6 Å². The zero-order valence-corrected chi connectivity index (χ0v) is 18.1. The van der Waals surface area contributed by atoms with Crippen LogP contribution >= 0.6 is 0 Å². The predicted octanol–water partition coefficient (Wildman–Crippen LogP) is 4.85. The molecule has 164 valence electrons. The highest BCUT2D eigenvalue weighted by molar-refractivity contribution is 6.04. The number of carbonyl (C=O) groups is 1. The molecule has 2 aromatic carbocycles. The summed E-state index contributed by atoms with van der Waals surface area (Å²) < 4.78 is 0. The van der Waals surface area contributed by atoms with Gasteiger partial charge in [-0.3, -0.25) is 14.9 Å². The highest BCUT2D eigenvalue weighted by Crippen LogP contribution is 2.25. The van der Waals surface area contributed by atoms with Gasteiger partial charge in [0.15, 0.2) is 5.82 Å². The molecule has 2 heterocycles. The molecule has 0 atom stereocenters. The van der Waals surface area contributed by atoms with E-state index in [4.69, 9.17) is 0 Å². The molecule has 4 rings (SSSR count). The maximum Gasteiger partial charge on any atom is 0.272 e. The Bertz CT molecular complexity index is 1140. The van der Waals surface area contributed by atoms with Gasteiger partial charge in [-0.05, 0) is 62.1 Å². The number of nitrogens with zero attached hydrogens (tertiary/aromatic N) is 4. The summed E-state index contributed by atoms with van der Waals surface area (Å²) in [4.78, 5) is 25.4. The van der Waals surface area contributed by atoms with Gasteiger partial charge in [-0.2, -0.15) is 0 Å². The fourth-order valence-electron chi connectivity index (χ4n) is 3.85. The molecule has 1 aliphatic rings. The number of aromatic nitrogens is 2. The molecule has 8 heteroatoms. The van der Waals surface area contributed by atoms with Crippen molar-refractivity contribution < 1.29 is 9.72 Å². The van der Waals surface area contributed by atoms with E-state index in [0.29, 0.717) is 16.8 Å². The van der Waals surface area contributed by atoms with Gasteiger partial charge in [-0.1, -0.05) is 19.1 Å². The Morgan fingerprint density at radius 3 is 2.53 bits per heavy atom. The molecule has 0 spiro atoms. The second kappa shape index (κ2) is 9.13. The van der Waals surface area contributed by atoms with Crippen molar-refractivity contribution in [3.05, 3.63) is 75.8 Å². The lowest BCUT2D eigenvalue weighted by Crippen LogP contribution is -2.33. The van der Waals surface area contributed by atoms with Crippen LogP contribution in [0.4, 0.5) is 17.2 Å². The van der Waals surface area contributed by atoms with E-state index in [2.05, 4.69) is 27.3 Å². The number of nitro benzene ring substituents is 1. The van der Waals surface area contributed by atoms with Crippen molar-refractivity contribution >= 4 is 23.1 Å². The smallest absolute Gasteiger partial charge is 0.272 e. The fraction of sp³-hybridized carbons (Fsp3) is 0.292. The van der Waals surface area contributed by atoms with E-state index in [1.807, 2.05) is 30.3 Å². The topological polar surface area (TPSA) is 101 Å². The second-order valence-electron chi connectivity index (χ2n) is 8.24. The highest BCUT2D eigenvalue weighted by Gasteiger charge is 2.18. The van der Waals surface area contributed by atoms with Gasteiger partial charge >= 0.3 is 0 Å². The summed E-state index contributed by atoms with van der Waals surface area (Å²) in [6.45, 7) is 5.89. The van der Waals surface area contributed by atoms with Crippen molar-refractivity contribution in [1.82, 2.24) is 10.2 Å². The van der Waals surface area contributed by atoms with E-state index in [9.17, 15) is 14.9 Å². The molecule has 3 aromatic rings. The van der Waals surface area contributed by atoms with Crippen molar-refractivity contribution in [1.29, 1.82) is 0 Å². The number of anilines is 2. The Balaban J connectivity index is 1.47. The van der Waals surface area contributed by atoms with Gasteiger partial charge in [-0.15, -0.1) is 10.2 Å². The van der Waals surface area contributed by atoms with Crippen molar-refractivity contribution in [2.24, 2.45) is 5.92 Å². The zero-order chi connectivity index (χ0) is 22.7. The summed E-state index contributed by atoms with van der Waals surface area (Å²) in [5.74, 6) is 1.31. The summed E-state index contributed by atoms with van der Waals surface area (Å²) in [5.41, 5.74) is 2.97. The predicted molar refractivity (Wildman–Crippen MR) is 124 cm³/mol. The number of nitrogens with one attached hydrogen (secondary N) is 1. The first-order valence-electron chi connectivity index (χ1n) is 10.7. The molecular formula is C24H25N5O3. The maximum atomic E-state index is 12.6. The molecule has 8 nitrogen and oxygen atoms in total. The third-order valence-corrected chi connectivity index (χ3v) is 5.83. The lowest BCUT2D eigenvalue weighted by molar-refractivity contribution is -0.385. The highest BCUT2D eigenvalue weighted by atomic mass is 16.6. The van der Waals surface area contributed by atoms with E-state index in [1.165, 1.54) is 31.0 Å². The molecule has 0 saturated carbocycles. The summed E-state index contributed by atoms with van der Waals surface area (Å²) in [5, 5.41) is 22.6. The van der Waals surface area contributed by atoms with Crippen LogP contribution in [-0.2, 0) is 0 Å². The number of nitro groups is 1. The Labute approximate surface area is 186 Å². The van der Waals surface area contributed by atoms with Crippen LogP contribution in [0.5, 0.6) is 0 Å². The van der Waals surface area contributed by atoms with E-state index in [-0.39, 0.29) is 11.6 Å². The zero-order valence-electron chi connectivity index (χ0n) is 18.1. The normalized spacial score (nSPS) is 14.2. The Kier molecular flexibility index (Phi) is 6.11. The molecule has 32 heavy (non-hydrogen) atoms. The number of carbonyl (C=O) groups excluding carboxylic acids is 1. The molecule has 0 unspecified atom stereocenters. The van der Waals surface area contributed by atoms with Gasteiger partial charge in [-0.25, -0.2) is 0 Å². The minimum atomic E-state index is -0.460. The standard InChI is InChI=1S/C24H25N5O3/c1-16-10-12-28(13-11-16)23-9-7-21(26-27-23)18-4-3-5-20(15-18)25-24(30)19-6-8-22(29(31)32)17(2)14-19/h3-9,14-16H,10-13H2,1-2H3,(H,25,30). The van der Waals surface area contributed by atoms with E-state index >= 15 is 0 Å². The molecule has 0 radical (unpaired) electrons. The summed E-state index contributed by atoms with van der Waals surface area (Å²) in [7, 11) is 0. The Morgan fingerprint density at radius 2 is 1.88 bits per heavy atom. The third kappa shape index (κ3) is 4.74. The van der Waals surface area contributed by atoms with Crippen LogP contribution in [0.15, 0.2) is 54.6 Å². The van der Waals surface area contributed by atoms with Gasteiger partial charge in [0.1, 0.15) is 0 Å². The number of aryl methyl sites for hydroxylation is 1. The maximum absolute atomic E-state index is 12.6. The lowest BCUT2D eigenvalue weighted by atomic mass is 9.99. The minimum absolute atomic E-state index is 0.00960. The lowest BCUT2D eigenvalue weighted by Gasteiger charge is -2.30. The summed E-state index contributed by atoms with van der Waals surface area (Å²) in [6, 6.07) is 15.6. The first kappa shape index (κ1) is 21.4. The van der Waals surface area contributed by atoms with E-state index in [0.717, 1.165) is 36.1 Å². The van der Waals surface area contributed by atoms with Crippen LogP contribution < -0.4 is 10.2 Å². The van der Waals surface area contributed by atoms with Crippen LogP contribution in [-0.4, -0.2) is 34.1 Å². The average Bonchev–Trinajstić information content (AvgIpc) is 2.79. The first-order valence-corrected chi connectivity index (χ1v) is 10.7. The average molecular weight is 431 g/mol. The number of benzene rings is 2. The Morgan fingerprint density at radius 1 is 1.09 bits per heavy atom. The first-order chi connectivity index (χ1) is 15.4. The molecule has 1 fully saturated rings. The molecule has 1 saturated heterocycles. The molecule has 1 aliphatic heterocycles. The van der Waals surface area contributed by atoms with Gasteiger partial charge in [0.2, 0.25) is 0 Å². The van der Waals surface area contributed by atoms with E-state index in [1.54, 1.807) is 13.0 Å². The van der Waals surface area contributed by atoms with Crippen LogP contribution in [0.2, 0.25) is 0 Å². The second-order valence-corrected chi connectivity index (χ2v) is 8.24. The van der Waals surface area contributed by atoms with E-state index < -0.39 is 4.92 Å². The van der Waals surface area contributed by atoms with Crippen molar-refractivity contribution in [3.63, 3.8) is 0 Å². The number of hydrogen-bond acceptors (Lipinski definition) is 6. The van der Waals surface area contributed by atoms with Crippen LogP contribution in [0.3, 0.4) is 0 Å². The molecule has 1 amide bonds. The molecule has 0 aliphatic carbocycles. The van der Waals surface area contributed by atoms with Crippen LogP contribution in [0, 0.1) is 23.0 Å². The quantitative estimate of drug-likeness (QED) is 0.458. The molecule has 1 N–H and O–H groups in total. The molecular weight excluding hydrogens is 406 g/mol. The van der Waals surface area contributed by atoms with Gasteiger partial charge in [0, 0.05) is 41.5 Å². The minimum Gasteiger partial charge on any atom is -0.355 e. The molecule has 0 bridgehead atoms. The number of piperidine rings is 1. The summed E-state index contributed by atoms with van der Waals surface area (Å²) in [6.07, 6.45) is 2.33. The van der Waals surface area contributed by atoms with Crippen LogP contribution in [0.1, 0.15) is 35.7 Å². The SMILES string of the molecule is Cc1cc(C(=O)Nc2cccc(-c3ccc(N4CCC(C)CC4)nn3)c2)ccc1[N+](=O)[O-]. The third-order valence-electron chi connectivity index (χ3n) is 5.83. The fourth-order valence-corrected chi connectivity index (χ4v) is 3.85. The van der Waals surface area contributed by atoms with Crippen molar-refractivity contribution in [2.75, 3.05) is 23.3 Å². The monoisotopic (exact) mass is 431 g/mol. The van der Waals surface area contributed by atoms with Gasteiger partial charge in [0.25, 0.3) is 11.6 Å². The van der Waals surface area contributed by atoms with Crippen LogP contribution in [0.25, 0.3) is 11.3 Å².